The summed E-state index contributed by atoms with van der Waals surface area (Å²) in [5.41, 5.74) is 0. The molecule has 1 amide bonds. The summed E-state index contributed by atoms with van der Waals surface area (Å²) in [6.45, 7) is 5.14. The number of carbonyl (C=O) groups is 1. The van der Waals surface area contributed by atoms with Crippen molar-refractivity contribution in [3.63, 3.8) is 0 Å². The van der Waals surface area contributed by atoms with Crippen LogP contribution >= 0.6 is 0 Å². The number of methoxy groups -OCH3 is 1. The van der Waals surface area contributed by atoms with Gasteiger partial charge in [0, 0.05) is 20.3 Å². The summed E-state index contributed by atoms with van der Waals surface area (Å²) in [6, 6.07) is 0. The largest absolute Gasteiger partial charge is 0.385 e. The molecule has 4 nitrogen and oxygen atoms in total. The smallest absolute Gasteiger partial charge is 0.233 e. The number of carbonyl (C=O) groups excluding carboxylic acids is 1. The van der Waals surface area contributed by atoms with Crippen molar-refractivity contribution >= 4 is 5.91 Å². The van der Waals surface area contributed by atoms with E-state index in [0.29, 0.717) is 19.7 Å². The summed E-state index contributed by atoms with van der Waals surface area (Å²) < 4.78 is 4.92. The fourth-order valence-corrected chi connectivity index (χ4v) is 2.41. The summed E-state index contributed by atoms with van der Waals surface area (Å²) in [5, 5.41) is 6.12. The van der Waals surface area contributed by atoms with Crippen LogP contribution in [0.5, 0.6) is 0 Å². The molecule has 1 aliphatic rings. The summed E-state index contributed by atoms with van der Waals surface area (Å²) in [5.74, 6) is 1.73. The van der Waals surface area contributed by atoms with E-state index in [1.807, 2.05) is 0 Å². The Kier molecular flexibility index (Phi) is 7.21. The highest BCUT2D eigenvalue weighted by Gasteiger charge is 2.20. The van der Waals surface area contributed by atoms with Crippen LogP contribution in [0, 0.1) is 11.8 Å². The Hall–Kier alpha value is -0.610. The lowest BCUT2D eigenvalue weighted by molar-refractivity contribution is -0.120. The first-order valence-electron chi connectivity index (χ1n) is 6.68. The van der Waals surface area contributed by atoms with E-state index in [-0.39, 0.29) is 5.91 Å². The molecule has 0 radical (unpaired) electrons. The SMILES string of the molecule is COCCCNC(=O)CNCC1CCC(C)C1. The van der Waals surface area contributed by atoms with Gasteiger partial charge in [0.25, 0.3) is 0 Å². The molecular weight excluding hydrogens is 216 g/mol. The maximum absolute atomic E-state index is 11.4. The summed E-state index contributed by atoms with van der Waals surface area (Å²) >= 11 is 0. The minimum Gasteiger partial charge on any atom is -0.385 e. The first kappa shape index (κ1) is 14.5. The zero-order chi connectivity index (χ0) is 12.5. The van der Waals surface area contributed by atoms with Gasteiger partial charge in [-0.3, -0.25) is 4.79 Å². The molecule has 2 atom stereocenters. The molecule has 1 aliphatic carbocycles. The fourth-order valence-electron chi connectivity index (χ4n) is 2.41. The number of ether oxygens (including phenoxy) is 1. The maximum atomic E-state index is 11.4. The van der Waals surface area contributed by atoms with Crippen molar-refractivity contribution in [2.24, 2.45) is 11.8 Å². The third-order valence-corrected chi connectivity index (χ3v) is 3.37. The standard InChI is InChI=1S/C13H26N2O2/c1-11-4-5-12(8-11)9-14-10-13(16)15-6-3-7-17-2/h11-12,14H,3-10H2,1-2H3,(H,15,16). The molecule has 1 rings (SSSR count). The number of nitrogens with one attached hydrogen (secondary N) is 2. The van der Waals surface area contributed by atoms with Crippen molar-refractivity contribution in [1.29, 1.82) is 0 Å². The Labute approximate surface area is 104 Å². The van der Waals surface area contributed by atoms with Crippen LogP contribution in [0.2, 0.25) is 0 Å². The van der Waals surface area contributed by atoms with E-state index in [0.717, 1.165) is 24.8 Å². The van der Waals surface area contributed by atoms with Crippen LogP contribution < -0.4 is 10.6 Å². The van der Waals surface area contributed by atoms with Gasteiger partial charge >= 0.3 is 0 Å². The van der Waals surface area contributed by atoms with Gasteiger partial charge in [0.2, 0.25) is 5.91 Å². The van der Waals surface area contributed by atoms with Gasteiger partial charge in [-0.1, -0.05) is 13.3 Å². The maximum Gasteiger partial charge on any atom is 0.233 e. The minimum absolute atomic E-state index is 0.0900. The second-order valence-corrected chi connectivity index (χ2v) is 5.11. The first-order valence-corrected chi connectivity index (χ1v) is 6.68. The second kappa shape index (κ2) is 8.48. The third-order valence-electron chi connectivity index (χ3n) is 3.37. The van der Waals surface area contributed by atoms with Gasteiger partial charge < -0.3 is 15.4 Å². The fraction of sp³-hybridized carbons (Fsp3) is 0.923. The van der Waals surface area contributed by atoms with Crippen LogP contribution in [0.25, 0.3) is 0 Å². The van der Waals surface area contributed by atoms with Crippen LogP contribution in [0.1, 0.15) is 32.6 Å². The summed E-state index contributed by atoms with van der Waals surface area (Å²) in [7, 11) is 1.67. The molecule has 0 aromatic carbocycles. The van der Waals surface area contributed by atoms with E-state index in [4.69, 9.17) is 4.74 Å². The molecule has 0 heterocycles. The Morgan fingerprint density at radius 3 is 2.88 bits per heavy atom. The molecule has 0 aromatic rings. The lowest BCUT2D eigenvalue weighted by Crippen LogP contribution is -2.36. The Morgan fingerprint density at radius 1 is 1.41 bits per heavy atom. The molecule has 100 valence electrons. The molecule has 4 heteroatoms. The molecule has 0 aliphatic heterocycles. The van der Waals surface area contributed by atoms with Gasteiger partial charge in [-0.2, -0.15) is 0 Å². The lowest BCUT2D eigenvalue weighted by Gasteiger charge is -2.11. The van der Waals surface area contributed by atoms with Crippen LogP contribution in [0.15, 0.2) is 0 Å². The molecule has 2 unspecified atom stereocenters. The van der Waals surface area contributed by atoms with Gasteiger partial charge in [-0.05, 0) is 37.6 Å². The normalized spacial score (nSPS) is 23.9. The predicted molar refractivity (Wildman–Crippen MR) is 68.9 cm³/mol. The van der Waals surface area contributed by atoms with Crippen molar-refractivity contribution in [3.05, 3.63) is 0 Å². The van der Waals surface area contributed by atoms with Gasteiger partial charge in [-0.25, -0.2) is 0 Å². The highest BCUT2D eigenvalue weighted by molar-refractivity contribution is 5.77. The molecule has 1 fully saturated rings. The zero-order valence-electron chi connectivity index (χ0n) is 11.1. The topological polar surface area (TPSA) is 50.4 Å². The van der Waals surface area contributed by atoms with Crippen molar-refractivity contribution < 1.29 is 9.53 Å². The summed E-state index contributed by atoms with van der Waals surface area (Å²) in [4.78, 5) is 11.4. The molecular formula is C13H26N2O2. The molecule has 0 saturated heterocycles. The van der Waals surface area contributed by atoms with Crippen molar-refractivity contribution in [3.8, 4) is 0 Å². The van der Waals surface area contributed by atoms with Crippen molar-refractivity contribution in [2.75, 3.05) is 33.4 Å². The molecule has 0 aromatic heterocycles. The van der Waals surface area contributed by atoms with Gasteiger partial charge in [0.15, 0.2) is 0 Å². The Morgan fingerprint density at radius 2 is 2.24 bits per heavy atom. The second-order valence-electron chi connectivity index (χ2n) is 5.11. The third kappa shape index (κ3) is 6.64. The molecule has 17 heavy (non-hydrogen) atoms. The van der Waals surface area contributed by atoms with Crippen LogP contribution in [0.4, 0.5) is 0 Å². The molecule has 0 spiro atoms. The zero-order valence-corrected chi connectivity index (χ0v) is 11.1. The number of amides is 1. The van der Waals surface area contributed by atoms with Crippen LogP contribution in [-0.2, 0) is 9.53 Å². The number of hydrogen-bond acceptors (Lipinski definition) is 3. The van der Waals surface area contributed by atoms with E-state index in [1.54, 1.807) is 7.11 Å². The van der Waals surface area contributed by atoms with E-state index >= 15 is 0 Å². The number of rotatable bonds is 8. The van der Waals surface area contributed by atoms with Crippen molar-refractivity contribution in [1.82, 2.24) is 10.6 Å². The van der Waals surface area contributed by atoms with E-state index in [9.17, 15) is 4.79 Å². The predicted octanol–water partition coefficient (Wildman–Crippen LogP) is 1.16. The monoisotopic (exact) mass is 242 g/mol. The van der Waals surface area contributed by atoms with Gasteiger partial charge in [0.1, 0.15) is 0 Å². The molecule has 1 saturated carbocycles. The van der Waals surface area contributed by atoms with E-state index < -0.39 is 0 Å². The quantitative estimate of drug-likeness (QED) is 0.628. The van der Waals surface area contributed by atoms with E-state index in [1.165, 1.54) is 19.3 Å². The highest BCUT2D eigenvalue weighted by Crippen LogP contribution is 2.29. The molecule has 0 bridgehead atoms. The van der Waals surface area contributed by atoms with E-state index in [2.05, 4.69) is 17.6 Å². The average Bonchev–Trinajstić information content (AvgIpc) is 2.71. The highest BCUT2D eigenvalue weighted by atomic mass is 16.5. The molecule has 2 N–H and O–H groups in total. The van der Waals surface area contributed by atoms with Crippen LogP contribution in [-0.4, -0.2) is 39.3 Å². The first-order chi connectivity index (χ1) is 8.22. The average molecular weight is 242 g/mol. The van der Waals surface area contributed by atoms with Gasteiger partial charge in [0.05, 0.1) is 6.54 Å². The van der Waals surface area contributed by atoms with Crippen molar-refractivity contribution in [2.45, 2.75) is 32.6 Å². The van der Waals surface area contributed by atoms with Crippen LogP contribution in [0.3, 0.4) is 0 Å². The lowest BCUT2D eigenvalue weighted by atomic mass is 10.1. The summed E-state index contributed by atoms with van der Waals surface area (Å²) in [6.07, 6.45) is 4.84. The van der Waals surface area contributed by atoms with Gasteiger partial charge in [-0.15, -0.1) is 0 Å². The number of hydrogen-bond donors (Lipinski definition) is 2. The Balaban J connectivity index is 1.93. The minimum atomic E-state index is 0.0900. The Bertz CT molecular complexity index is 221.